The molecule has 0 unspecified atom stereocenters. The Balaban J connectivity index is 2.42. The predicted molar refractivity (Wildman–Crippen MR) is 118 cm³/mol. The summed E-state index contributed by atoms with van der Waals surface area (Å²) in [5.74, 6) is 1.15. The maximum atomic E-state index is 11.5. The number of hydrogen-bond donors (Lipinski definition) is 2. The molecule has 2 aromatic rings. The zero-order valence-electron chi connectivity index (χ0n) is 17.3. The Kier molecular flexibility index (Phi) is 7.34. The van der Waals surface area contributed by atoms with Crippen molar-refractivity contribution in [1.82, 2.24) is 0 Å². The van der Waals surface area contributed by atoms with E-state index in [4.69, 9.17) is 9.47 Å². The van der Waals surface area contributed by atoms with E-state index in [0.29, 0.717) is 23.6 Å². The van der Waals surface area contributed by atoms with Crippen molar-refractivity contribution in [3.63, 3.8) is 0 Å². The van der Waals surface area contributed by atoms with Crippen molar-refractivity contribution < 1.29 is 23.0 Å². The van der Waals surface area contributed by atoms with Crippen molar-refractivity contribution in [2.24, 2.45) is 0 Å². The molecule has 0 aliphatic carbocycles. The standard InChI is InChI=1S/C22H27NO5S/c1-15(2)6-10-19-17(13-18(24)14-21(19)27-3)9-7-16-8-11-20(22(12-16)28-4)23-29(5,25)26/h6-9,11-14,23-24H,10H2,1-5H3. The molecular weight excluding hydrogens is 390 g/mol. The number of hydrogen-bond acceptors (Lipinski definition) is 5. The van der Waals surface area contributed by atoms with Crippen LogP contribution < -0.4 is 14.2 Å². The number of allylic oxidation sites excluding steroid dienone is 2. The minimum Gasteiger partial charge on any atom is -0.508 e. The highest BCUT2D eigenvalue weighted by Crippen LogP contribution is 2.31. The Morgan fingerprint density at radius 3 is 2.34 bits per heavy atom. The topological polar surface area (TPSA) is 84.9 Å². The zero-order chi connectivity index (χ0) is 21.6. The highest BCUT2D eigenvalue weighted by Gasteiger charge is 2.10. The number of rotatable bonds is 8. The fourth-order valence-electron chi connectivity index (χ4n) is 2.79. The summed E-state index contributed by atoms with van der Waals surface area (Å²) in [5.41, 5.74) is 4.17. The van der Waals surface area contributed by atoms with Crippen LogP contribution in [0.25, 0.3) is 12.2 Å². The monoisotopic (exact) mass is 417 g/mol. The molecule has 0 atom stereocenters. The largest absolute Gasteiger partial charge is 0.508 e. The van der Waals surface area contributed by atoms with Gasteiger partial charge in [0.05, 0.1) is 26.2 Å². The molecule has 0 fully saturated rings. The van der Waals surface area contributed by atoms with Gasteiger partial charge in [-0.25, -0.2) is 8.42 Å². The zero-order valence-corrected chi connectivity index (χ0v) is 18.1. The summed E-state index contributed by atoms with van der Waals surface area (Å²) in [6.45, 7) is 4.06. The lowest BCUT2D eigenvalue weighted by atomic mass is 10.00. The normalized spacial score (nSPS) is 11.3. The van der Waals surface area contributed by atoms with Crippen LogP contribution in [0.4, 0.5) is 5.69 Å². The summed E-state index contributed by atoms with van der Waals surface area (Å²) in [6, 6.07) is 8.44. The third kappa shape index (κ3) is 6.57. The molecule has 0 aliphatic rings. The summed E-state index contributed by atoms with van der Waals surface area (Å²) in [7, 11) is -0.348. The van der Waals surface area contributed by atoms with Crippen LogP contribution in [-0.4, -0.2) is 34.0 Å². The van der Waals surface area contributed by atoms with E-state index in [1.165, 1.54) is 12.7 Å². The lowest BCUT2D eigenvalue weighted by molar-refractivity contribution is 0.403. The van der Waals surface area contributed by atoms with Crippen LogP contribution in [0.2, 0.25) is 0 Å². The van der Waals surface area contributed by atoms with Gasteiger partial charge in [-0.3, -0.25) is 4.72 Å². The Bertz CT molecular complexity index is 1040. The average Bonchev–Trinajstić information content (AvgIpc) is 2.64. The van der Waals surface area contributed by atoms with E-state index < -0.39 is 10.0 Å². The Morgan fingerprint density at radius 2 is 1.76 bits per heavy atom. The summed E-state index contributed by atoms with van der Waals surface area (Å²) in [4.78, 5) is 0. The molecule has 29 heavy (non-hydrogen) atoms. The Morgan fingerprint density at radius 1 is 1.07 bits per heavy atom. The number of sulfonamides is 1. The van der Waals surface area contributed by atoms with Crippen LogP contribution in [-0.2, 0) is 16.4 Å². The second-order valence-corrected chi connectivity index (χ2v) is 8.62. The molecule has 0 aliphatic heterocycles. The molecule has 0 heterocycles. The van der Waals surface area contributed by atoms with Gasteiger partial charge in [0.1, 0.15) is 17.2 Å². The molecule has 6 nitrogen and oxygen atoms in total. The maximum Gasteiger partial charge on any atom is 0.229 e. The van der Waals surface area contributed by atoms with E-state index in [1.807, 2.05) is 26.0 Å². The van der Waals surface area contributed by atoms with Crippen molar-refractivity contribution in [2.75, 3.05) is 25.2 Å². The van der Waals surface area contributed by atoms with Crippen molar-refractivity contribution in [3.05, 3.63) is 58.7 Å². The van der Waals surface area contributed by atoms with E-state index in [-0.39, 0.29) is 5.75 Å². The summed E-state index contributed by atoms with van der Waals surface area (Å²) in [5, 5.41) is 10.0. The first-order valence-corrected chi connectivity index (χ1v) is 10.9. The first-order valence-electron chi connectivity index (χ1n) is 9.00. The first kappa shape index (κ1) is 22.4. The molecule has 2 rings (SSSR count). The molecule has 2 aromatic carbocycles. The predicted octanol–water partition coefficient (Wildman–Crippen LogP) is 4.46. The molecule has 0 bridgehead atoms. The van der Waals surface area contributed by atoms with Crippen LogP contribution in [0.15, 0.2) is 42.0 Å². The molecule has 0 aromatic heterocycles. The number of anilines is 1. The third-order valence-electron chi connectivity index (χ3n) is 4.14. The van der Waals surface area contributed by atoms with Crippen LogP contribution in [0.3, 0.4) is 0 Å². The van der Waals surface area contributed by atoms with Gasteiger partial charge < -0.3 is 14.6 Å². The molecule has 0 saturated carbocycles. The second-order valence-electron chi connectivity index (χ2n) is 6.87. The minimum absolute atomic E-state index is 0.118. The lowest BCUT2D eigenvalue weighted by Crippen LogP contribution is -2.10. The summed E-state index contributed by atoms with van der Waals surface area (Å²) >= 11 is 0. The summed E-state index contributed by atoms with van der Waals surface area (Å²) < 4.78 is 36.1. The van der Waals surface area contributed by atoms with E-state index >= 15 is 0 Å². The van der Waals surface area contributed by atoms with Crippen LogP contribution in [0, 0.1) is 0 Å². The van der Waals surface area contributed by atoms with E-state index in [0.717, 1.165) is 22.9 Å². The second kappa shape index (κ2) is 9.52. The number of benzene rings is 2. The van der Waals surface area contributed by atoms with Gasteiger partial charge in [-0.05, 0) is 49.6 Å². The minimum atomic E-state index is -3.40. The highest BCUT2D eigenvalue weighted by molar-refractivity contribution is 7.92. The van der Waals surface area contributed by atoms with Gasteiger partial charge in [0.2, 0.25) is 10.0 Å². The van der Waals surface area contributed by atoms with Crippen molar-refractivity contribution >= 4 is 27.9 Å². The Labute approximate surface area is 172 Å². The van der Waals surface area contributed by atoms with Gasteiger partial charge in [-0.1, -0.05) is 29.9 Å². The molecule has 2 N–H and O–H groups in total. The maximum absolute atomic E-state index is 11.5. The molecule has 0 spiro atoms. The fourth-order valence-corrected chi connectivity index (χ4v) is 3.36. The van der Waals surface area contributed by atoms with Crippen LogP contribution in [0.1, 0.15) is 30.5 Å². The first-order chi connectivity index (χ1) is 13.6. The number of nitrogens with one attached hydrogen (secondary N) is 1. The summed E-state index contributed by atoms with van der Waals surface area (Å²) in [6.07, 6.45) is 7.61. The van der Waals surface area contributed by atoms with Crippen molar-refractivity contribution in [1.29, 1.82) is 0 Å². The number of phenolic OH excluding ortho intramolecular Hbond substituents is 1. The number of ether oxygens (including phenoxy) is 2. The van der Waals surface area contributed by atoms with Gasteiger partial charge in [0.25, 0.3) is 0 Å². The van der Waals surface area contributed by atoms with E-state index in [1.54, 1.807) is 37.4 Å². The van der Waals surface area contributed by atoms with Crippen molar-refractivity contribution in [3.8, 4) is 17.2 Å². The number of phenols is 1. The molecule has 0 saturated heterocycles. The Hall–Kier alpha value is -2.93. The lowest BCUT2D eigenvalue weighted by Gasteiger charge is -2.12. The average molecular weight is 418 g/mol. The van der Waals surface area contributed by atoms with Gasteiger partial charge in [-0.2, -0.15) is 0 Å². The molecular formula is C22H27NO5S. The fraction of sp³-hybridized carbons (Fsp3) is 0.273. The van der Waals surface area contributed by atoms with E-state index in [2.05, 4.69) is 10.8 Å². The third-order valence-corrected chi connectivity index (χ3v) is 4.73. The molecule has 0 radical (unpaired) electrons. The highest BCUT2D eigenvalue weighted by atomic mass is 32.2. The van der Waals surface area contributed by atoms with Crippen LogP contribution in [0.5, 0.6) is 17.2 Å². The SMILES string of the molecule is COc1cc(C=Cc2cc(O)cc(OC)c2CC=C(C)C)ccc1NS(C)(=O)=O. The molecule has 156 valence electrons. The number of aromatic hydroxyl groups is 1. The van der Waals surface area contributed by atoms with Gasteiger partial charge >= 0.3 is 0 Å². The number of methoxy groups -OCH3 is 2. The molecule has 0 amide bonds. The van der Waals surface area contributed by atoms with E-state index in [9.17, 15) is 13.5 Å². The molecule has 7 heteroatoms. The van der Waals surface area contributed by atoms with Crippen LogP contribution >= 0.6 is 0 Å². The van der Waals surface area contributed by atoms with Crippen molar-refractivity contribution in [2.45, 2.75) is 20.3 Å². The van der Waals surface area contributed by atoms with Gasteiger partial charge in [-0.15, -0.1) is 0 Å². The quantitative estimate of drug-likeness (QED) is 0.489. The smallest absolute Gasteiger partial charge is 0.229 e. The van der Waals surface area contributed by atoms with Gasteiger partial charge in [0, 0.05) is 11.6 Å². The van der Waals surface area contributed by atoms with Gasteiger partial charge in [0.15, 0.2) is 0 Å².